The van der Waals surface area contributed by atoms with Gasteiger partial charge in [-0.05, 0) is 48.6 Å². The number of aromatic amines is 1. The molecule has 5 N–H and O–H groups in total. The first-order chi connectivity index (χ1) is 13.4. The van der Waals surface area contributed by atoms with Gasteiger partial charge in [0, 0.05) is 35.2 Å². The number of carboxylic acid groups (broad SMARTS) is 1. The third-order valence-corrected chi connectivity index (χ3v) is 4.74. The lowest BCUT2D eigenvalue weighted by molar-refractivity contribution is -0.136. The highest BCUT2D eigenvalue weighted by Crippen LogP contribution is 2.30. The van der Waals surface area contributed by atoms with Gasteiger partial charge in [-0.3, -0.25) is 9.59 Å². The number of hydrogen-bond acceptors (Lipinski definition) is 3. The number of carbonyl (C=O) groups excluding carboxylic acids is 1. The van der Waals surface area contributed by atoms with Crippen molar-refractivity contribution in [1.82, 2.24) is 4.98 Å². The Balaban J connectivity index is 0.000000192. The van der Waals surface area contributed by atoms with E-state index in [4.69, 9.17) is 10.8 Å². The first-order valence-corrected chi connectivity index (χ1v) is 9.34. The molecular formula is C22H25N3O3. The maximum Gasteiger partial charge on any atom is 0.307 e. The predicted molar refractivity (Wildman–Crippen MR) is 110 cm³/mol. The lowest BCUT2D eigenvalue weighted by atomic mass is 9.92. The highest BCUT2D eigenvalue weighted by atomic mass is 16.4. The Bertz CT molecular complexity index is 979. The van der Waals surface area contributed by atoms with Crippen LogP contribution in [0.25, 0.3) is 10.9 Å². The number of hydrogen-bond donors (Lipinski definition) is 4. The molecule has 0 bridgehead atoms. The Kier molecular flexibility index (Phi) is 6.11. The number of anilines is 1. The Hall–Kier alpha value is -3.12. The van der Waals surface area contributed by atoms with E-state index in [2.05, 4.69) is 10.3 Å². The minimum atomic E-state index is -0.786. The number of benzene rings is 2. The van der Waals surface area contributed by atoms with Gasteiger partial charge in [0.15, 0.2) is 0 Å². The third kappa shape index (κ3) is 4.98. The summed E-state index contributed by atoms with van der Waals surface area (Å²) in [4.78, 5) is 24.7. The smallest absolute Gasteiger partial charge is 0.307 e. The Labute approximate surface area is 163 Å². The number of H-pyrrole nitrogens is 1. The monoisotopic (exact) mass is 379 g/mol. The molecule has 1 unspecified atom stereocenters. The zero-order chi connectivity index (χ0) is 20.1. The van der Waals surface area contributed by atoms with Gasteiger partial charge in [-0.1, -0.05) is 30.3 Å². The van der Waals surface area contributed by atoms with Gasteiger partial charge in [0.2, 0.25) is 5.91 Å². The van der Waals surface area contributed by atoms with E-state index in [-0.39, 0.29) is 18.4 Å². The van der Waals surface area contributed by atoms with Crippen molar-refractivity contribution in [2.24, 2.45) is 5.73 Å². The molecule has 1 amide bonds. The van der Waals surface area contributed by atoms with Crippen LogP contribution in [0.1, 0.15) is 30.2 Å². The molecule has 6 nitrogen and oxygen atoms in total. The van der Waals surface area contributed by atoms with E-state index in [1.165, 1.54) is 23.6 Å². The first-order valence-electron chi connectivity index (χ1n) is 9.34. The SMILES string of the molecule is CC(=O)Nc1ccc2[nH]c3c(c2c1)CC(N)CC3.O=C(O)Cc1ccccc1. The molecule has 3 aromatic rings. The highest BCUT2D eigenvalue weighted by Gasteiger charge is 2.20. The number of carboxylic acids is 1. The van der Waals surface area contributed by atoms with Gasteiger partial charge in [-0.15, -0.1) is 0 Å². The maximum atomic E-state index is 11.1. The van der Waals surface area contributed by atoms with Crippen LogP contribution in [0.15, 0.2) is 48.5 Å². The molecule has 1 aliphatic carbocycles. The normalized spacial score (nSPS) is 15.3. The van der Waals surface area contributed by atoms with E-state index in [1.54, 1.807) is 12.1 Å². The standard InChI is InChI=1S/C14H17N3O.C8H8O2/c1-8(18)16-10-3-5-14-12(7-10)11-6-9(15)2-4-13(11)17-14;9-8(10)6-7-4-2-1-3-5-7/h3,5,7,9,17H,2,4,6,15H2,1H3,(H,16,18);1-5H,6H2,(H,9,10). The van der Waals surface area contributed by atoms with E-state index >= 15 is 0 Å². The van der Waals surface area contributed by atoms with Gasteiger partial charge in [0.25, 0.3) is 0 Å². The van der Waals surface area contributed by atoms with E-state index in [0.717, 1.165) is 36.0 Å². The van der Waals surface area contributed by atoms with Crippen LogP contribution in [-0.2, 0) is 28.9 Å². The minimum absolute atomic E-state index is 0.0459. The van der Waals surface area contributed by atoms with Crippen LogP contribution in [-0.4, -0.2) is 28.0 Å². The number of amides is 1. The number of aryl methyl sites for hydroxylation is 1. The molecule has 4 rings (SSSR count). The van der Waals surface area contributed by atoms with Crippen LogP contribution in [0.4, 0.5) is 5.69 Å². The summed E-state index contributed by atoms with van der Waals surface area (Å²) in [5.74, 6) is -0.832. The fourth-order valence-corrected chi connectivity index (χ4v) is 3.50. The number of aromatic nitrogens is 1. The van der Waals surface area contributed by atoms with Gasteiger partial charge in [0.05, 0.1) is 6.42 Å². The largest absolute Gasteiger partial charge is 0.481 e. The van der Waals surface area contributed by atoms with Crippen LogP contribution in [0.3, 0.4) is 0 Å². The second kappa shape index (κ2) is 8.71. The average molecular weight is 379 g/mol. The molecule has 0 radical (unpaired) electrons. The van der Waals surface area contributed by atoms with Crippen molar-refractivity contribution in [1.29, 1.82) is 0 Å². The summed E-state index contributed by atoms with van der Waals surface area (Å²) in [6.45, 7) is 1.52. The fourth-order valence-electron chi connectivity index (χ4n) is 3.50. The van der Waals surface area contributed by atoms with Crippen molar-refractivity contribution in [3.63, 3.8) is 0 Å². The highest BCUT2D eigenvalue weighted by molar-refractivity contribution is 5.94. The van der Waals surface area contributed by atoms with Gasteiger partial charge < -0.3 is 21.1 Å². The van der Waals surface area contributed by atoms with Crippen molar-refractivity contribution in [2.45, 2.75) is 38.6 Å². The molecule has 0 saturated carbocycles. The summed E-state index contributed by atoms with van der Waals surface area (Å²) >= 11 is 0. The number of nitrogens with one attached hydrogen (secondary N) is 2. The predicted octanol–water partition coefficient (Wildman–Crippen LogP) is 3.26. The molecule has 28 heavy (non-hydrogen) atoms. The van der Waals surface area contributed by atoms with Crippen molar-refractivity contribution in [3.05, 3.63) is 65.4 Å². The van der Waals surface area contributed by atoms with Crippen LogP contribution >= 0.6 is 0 Å². The molecule has 146 valence electrons. The molecule has 0 aliphatic heterocycles. The summed E-state index contributed by atoms with van der Waals surface area (Å²) in [7, 11) is 0. The van der Waals surface area contributed by atoms with E-state index < -0.39 is 5.97 Å². The first kappa shape index (κ1) is 19.6. The lowest BCUT2D eigenvalue weighted by Gasteiger charge is -2.18. The number of aliphatic carboxylic acids is 1. The number of fused-ring (bicyclic) bond motifs is 3. The minimum Gasteiger partial charge on any atom is -0.481 e. The maximum absolute atomic E-state index is 11.1. The fraction of sp³-hybridized carbons (Fsp3) is 0.273. The van der Waals surface area contributed by atoms with Crippen molar-refractivity contribution in [3.8, 4) is 0 Å². The molecular weight excluding hydrogens is 354 g/mol. The zero-order valence-corrected chi connectivity index (χ0v) is 15.9. The van der Waals surface area contributed by atoms with E-state index in [1.807, 2.05) is 36.4 Å². The third-order valence-electron chi connectivity index (χ3n) is 4.74. The topological polar surface area (TPSA) is 108 Å². The molecule has 1 aliphatic rings. The molecule has 0 saturated heterocycles. The Morgan fingerprint density at radius 2 is 1.96 bits per heavy atom. The van der Waals surface area contributed by atoms with Crippen LogP contribution < -0.4 is 11.1 Å². The molecule has 1 aromatic heterocycles. The van der Waals surface area contributed by atoms with Crippen LogP contribution in [0.5, 0.6) is 0 Å². The van der Waals surface area contributed by atoms with Crippen LogP contribution in [0.2, 0.25) is 0 Å². The molecule has 0 spiro atoms. The molecule has 1 heterocycles. The molecule has 2 aromatic carbocycles. The Morgan fingerprint density at radius 3 is 2.64 bits per heavy atom. The van der Waals surface area contributed by atoms with Crippen LogP contribution in [0, 0.1) is 0 Å². The summed E-state index contributed by atoms with van der Waals surface area (Å²) < 4.78 is 0. The summed E-state index contributed by atoms with van der Waals surface area (Å²) in [6, 6.07) is 15.4. The summed E-state index contributed by atoms with van der Waals surface area (Å²) in [6.07, 6.45) is 3.08. The van der Waals surface area contributed by atoms with Gasteiger partial charge in [0.1, 0.15) is 0 Å². The van der Waals surface area contributed by atoms with E-state index in [0.29, 0.717) is 0 Å². The van der Waals surface area contributed by atoms with Gasteiger partial charge >= 0.3 is 5.97 Å². The van der Waals surface area contributed by atoms with E-state index in [9.17, 15) is 9.59 Å². The summed E-state index contributed by atoms with van der Waals surface area (Å²) in [5.41, 5.74) is 11.5. The molecule has 0 fully saturated rings. The van der Waals surface area contributed by atoms with Gasteiger partial charge in [-0.25, -0.2) is 0 Å². The van der Waals surface area contributed by atoms with Crippen molar-refractivity contribution < 1.29 is 14.7 Å². The van der Waals surface area contributed by atoms with Gasteiger partial charge in [-0.2, -0.15) is 0 Å². The van der Waals surface area contributed by atoms with Crippen molar-refractivity contribution >= 4 is 28.5 Å². The number of rotatable bonds is 3. The number of nitrogens with two attached hydrogens (primary N) is 1. The summed E-state index contributed by atoms with van der Waals surface area (Å²) in [5, 5.41) is 12.4. The molecule has 6 heteroatoms. The zero-order valence-electron chi connectivity index (χ0n) is 15.9. The van der Waals surface area contributed by atoms with Crippen molar-refractivity contribution in [2.75, 3.05) is 5.32 Å². The Morgan fingerprint density at radius 1 is 1.21 bits per heavy atom. The lowest BCUT2D eigenvalue weighted by Crippen LogP contribution is -2.27. The average Bonchev–Trinajstić information content (AvgIpc) is 2.99. The quantitative estimate of drug-likeness (QED) is 0.560. The molecule has 1 atom stereocenters. The second-order valence-corrected chi connectivity index (χ2v) is 7.08. The number of carbonyl (C=O) groups is 2. The second-order valence-electron chi connectivity index (χ2n) is 7.08.